The molecule has 5 nitrogen and oxygen atoms in total. The third-order valence-corrected chi connectivity index (χ3v) is 3.04. The van der Waals surface area contributed by atoms with E-state index in [0.717, 1.165) is 5.56 Å². The van der Waals surface area contributed by atoms with Crippen LogP contribution in [0.25, 0.3) is 0 Å². The van der Waals surface area contributed by atoms with Crippen LogP contribution in [0.15, 0.2) is 18.2 Å². The highest BCUT2D eigenvalue weighted by Gasteiger charge is 2.32. The molecule has 1 aromatic carbocycles. The summed E-state index contributed by atoms with van der Waals surface area (Å²) in [5, 5.41) is 17.9. The molecular weight excluding hydrogens is 266 g/mol. The summed E-state index contributed by atoms with van der Waals surface area (Å²) in [6, 6.07) is 8.88. The summed E-state index contributed by atoms with van der Waals surface area (Å²) in [6.45, 7) is -0.243. The van der Waals surface area contributed by atoms with Crippen molar-refractivity contribution in [3.05, 3.63) is 28.8 Å². The molecular formula is C13H10ClN3O2. The van der Waals surface area contributed by atoms with Gasteiger partial charge in [0.05, 0.1) is 12.1 Å². The van der Waals surface area contributed by atoms with Crippen LogP contribution in [-0.2, 0) is 11.2 Å². The van der Waals surface area contributed by atoms with Gasteiger partial charge in [-0.2, -0.15) is 10.5 Å². The number of rotatable bonds is 3. The number of hydrogen-bond acceptors (Lipinski definition) is 4. The molecule has 1 aliphatic rings. The fourth-order valence-electron chi connectivity index (χ4n) is 1.94. The lowest BCUT2D eigenvalue weighted by Crippen LogP contribution is -2.41. The Hall–Kier alpha value is -2.24. The second-order valence-electron chi connectivity index (χ2n) is 4.07. The standard InChI is InChI=1S/C13H10ClN3O2/c14-10-1-2-11-9(7-10)8-12(19-11)13(18)17(5-3-15)6-4-16/h1-2,7,12H,5-6,8H2/t12-/m0/s1. The maximum atomic E-state index is 12.1. The fraction of sp³-hybridized carbons (Fsp3) is 0.308. The third kappa shape index (κ3) is 2.78. The largest absolute Gasteiger partial charge is 0.480 e. The zero-order valence-corrected chi connectivity index (χ0v) is 10.7. The Labute approximate surface area is 115 Å². The molecule has 6 heteroatoms. The van der Waals surface area contributed by atoms with Gasteiger partial charge in [-0.3, -0.25) is 4.79 Å². The van der Waals surface area contributed by atoms with Crippen LogP contribution in [0.4, 0.5) is 0 Å². The van der Waals surface area contributed by atoms with Crippen molar-refractivity contribution < 1.29 is 9.53 Å². The Bertz CT molecular complexity index is 573. The number of amides is 1. The first-order valence-corrected chi connectivity index (χ1v) is 6.01. The van der Waals surface area contributed by atoms with Gasteiger partial charge in [0.2, 0.25) is 0 Å². The number of ether oxygens (including phenoxy) is 1. The molecule has 0 unspecified atom stereocenters. The lowest BCUT2D eigenvalue weighted by molar-refractivity contribution is -0.136. The van der Waals surface area contributed by atoms with E-state index in [2.05, 4.69) is 0 Å². The first-order valence-electron chi connectivity index (χ1n) is 5.63. The van der Waals surface area contributed by atoms with Gasteiger partial charge in [-0.1, -0.05) is 11.6 Å². The van der Waals surface area contributed by atoms with Crippen LogP contribution in [0, 0.1) is 22.7 Å². The first kappa shape index (κ1) is 13.2. The lowest BCUT2D eigenvalue weighted by atomic mass is 10.1. The topological polar surface area (TPSA) is 77.1 Å². The van der Waals surface area contributed by atoms with Crippen molar-refractivity contribution in [3.8, 4) is 17.9 Å². The predicted molar refractivity (Wildman–Crippen MR) is 67.4 cm³/mol. The average molecular weight is 276 g/mol. The molecule has 0 radical (unpaired) electrons. The highest BCUT2D eigenvalue weighted by atomic mass is 35.5. The van der Waals surface area contributed by atoms with Crippen LogP contribution in [-0.4, -0.2) is 30.0 Å². The van der Waals surface area contributed by atoms with Gasteiger partial charge >= 0.3 is 0 Å². The van der Waals surface area contributed by atoms with E-state index in [1.807, 2.05) is 12.1 Å². The molecule has 1 atom stereocenters. The van der Waals surface area contributed by atoms with Gasteiger partial charge in [-0.05, 0) is 23.8 Å². The fourth-order valence-corrected chi connectivity index (χ4v) is 2.14. The van der Waals surface area contributed by atoms with Crippen LogP contribution >= 0.6 is 11.6 Å². The minimum atomic E-state index is -0.685. The maximum absolute atomic E-state index is 12.1. The van der Waals surface area contributed by atoms with Gasteiger partial charge in [0.1, 0.15) is 18.8 Å². The van der Waals surface area contributed by atoms with Crippen LogP contribution in [0.5, 0.6) is 5.75 Å². The monoisotopic (exact) mass is 275 g/mol. The molecule has 0 N–H and O–H groups in total. The molecule has 0 saturated heterocycles. The van der Waals surface area contributed by atoms with Gasteiger partial charge < -0.3 is 9.64 Å². The van der Waals surface area contributed by atoms with E-state index in [1.54, 1.807) is 18.2 Å². The van der Waals surface area contributed by atoms with Crippen LogP contribution in [0.1, 0.15) is 5.56 Å². The number of fused-ring (bicyclic) bond motifs is 1. The Balaban J connectivity index is 2.11. The van der Waals surface area contributed by atoms with E-state index in [-0.39, 0.29) is 19.0 Å². The molecule has 0 spiro atoms. The summed E-state index contributed by atoms with van der Waals surface area (Å²) in [6.07, 6.45) is -0.280. The summed E-state index contributed by atoms with van der Waals surface area (Å²) in [4.78, 5) is 13.3. The Morgan fingerprint density at radius 1 is 1.42 bits per heavy atom. The predicted octanol–water partition coefficient (Wildman–Crippen LogP) is 1.52. The molecule has 1 heterocycles. The number of nitriles is 2. The normalized spacial score (nSPS) is 15.8. The molecule has 0 aliphatic carbocycles. The molecule has 0 aromatic heterocycles. The zero-order valence-electron chi connectivity index (χ0n) is 9.97. The van der Waals surface area contributed by atoms with Crippen molar-refractivity contribution in [2.45, 2.75) is 12.5 Å². The number of carbonyl (C=O) groups excluding carboxylic acids is 1. The summed E-state index contributed by atoms with van der Waals surface area (Å²) in [5.74, 6) is 0.270. The van der Waals surface area contributed by atoms with Crippen LogP contribution < -0.4 is 4.74 Å². The van der Waals surface area contributed by atoms with Crippen molar-refractivity contribution in [3.63, 3.8) is 0 Å². The van der Waals surface area contributed by atoms with Crippen LogP contribution in [0.3, 0.4) is 0 Å². The molecule has 96 valence electrons. The third-order valence-electron chi connectivity index (χ3n) is 2.81. The highest BCUT2D eigenvalue weighted by Crippen LogP contribution is 2.31. The Morgan fingerprint density at radius 3 is 2.74 bits per heavy atom. The first-order chi connectivity index (χ1) is 9.15. The number of halogens is 1. The molecule has 1 aromatic rings. The molecule has 1 aliphatic heterocycles. The summed E-state index contributed by atoms with van der Waals surface area (Å²) >= 11 is 5.88. The van der Waals surface area contributed by atoms with Gasteiger partial charge in [0, 0.05) is 11.4 Å². The highest BCUT2D eigenvalue weighted by molar-refractivity contribution is 6.30. The smallest absolute Gasteiger partial charge is 0.265 e. The van der Waals surface area contributed by atoms with E-state index in [4.69, 9.17) is 26.9 Å². The van der Waals surface area contributed by atoms with Crippen molar-refractivity contribution in [1.82, 2.24) is 4.90 Å². The molecule has 19 heavy (non-hydrogen) atoms. The van der Waals surface area contributed by atoms with Crippen molar-refractivity contribution in [2.75, 3.05) is 13.1 Å². The molecule has 1 amide bonds. The van der Waals surface area contributed by atoms with Gasteiger partial charge in [0.25, 0.3) is 5.91 Å². The zero-order chi connectivity index (χ0) is 13.8. The number of carbonyl (C=O) groups is 1. The quantitative estimate of drug-likeness (QED) is 0.784. The molecule has 2 rings (SSSR count). The van der Waals surface area contributed by atoms with E-state index < -0.39 is 6.10 Å². The second kappa shape index (κ2) is 5.60. The number of nitrogens with zero attached hydrogens (tertiary/aromatic N) is 3. The van der Waals surface area contributed by atoms with E-state index in [1.165, 1.54) is 4.90 Å². The SMILES string of the molecule is N#CCN(CC#N)C(=O)[C@@H]1Cc2cc(Cl)ccc2O1. The summed E-state index contributed by atoms with van der Waals surface area (Å²) in [5.41, 5.74) is 0.861. The van der Waals surface area contributed by atoms with Crippen molar-refractivity contribution >= 4 is 17.5 Å². The Morgan fingerprint density at radius 2 is 2.11 bits per heavy atom. The van der Waals surface area contributed by atoms with Gasteiger partial charge in [0.15, 0.2) is 6.10 Å². The summed E-state index contributed by atoms with van der Waals surface area (Å²) in [7, 11) is 0. The van der Waals surface area contributed by atoms with Gasteiger partial charge in [-0.25, -0.2) is 0 Å². The van der Waals surface area contributed by atoms with E-state index >= 15 is 0 Å². The molecule has 0 saturated carbocycles. The minimum absolute atomic E-state index is 0.122. The molecule has 0 bridgehead atoms. The number of hydrogen-bond donors (Lipinski definition) is 0. The van der Waals surface area contributed by atoms with Gasteiger partial charge in [-0.15, -0.1) is 0 Å². The van der Waals surface area contributed by atoms with Crippen molar-refractivity contribution in [1.29, 1.82) is 10.5 Å². The van der Waals surface area contributed by atoms with Crippen molar-refractivity contribution in [2.24, 2.45) is 0 Å². The van der Waals surface area contributed by atoms with E-state index in [9.17, 15) is 4.79 Å². The van der Waals surface area contributed by atoms with Crippen LogP contribution in [0.2, 0.25) is 5.02 Å². The lowest BCUT2D eigenvalue weighted by Gasteiger charge is -2.19. The average Bonchev–Trinajstić information content (AvgIpc) is 2.80. The minimum Gasteiger partial charge on any atom is -0.480 e. The summed E-state index contributed by atoms with van der Waals surface area (Å²) < 4.78 is 5.53. The van der Waals surface area contributed by atoms with E-state index in [0.29, 0.717) is 17.2 Å². The second-order valence-corrected chi connectivity index (χ2v) is 4.51. The maximum Gasteiger partial charge on any atom is 0.265 e. The molecule has 0 fully saturated rings. The Kier molecular flexibility index (Phi) is 3.89. The number of benzene rings is 1.